The third kappa shape index (κ3) is 6.53. The van der Waals surface area contributed by atoms with Gasteiger partial charge in [-0.3, -0.25) is 4.79 Å². The van der Waals surface area contributed by atoms with Crippen LogP contribution in [0, 0.1) is 0 Å². The molecule has 0 saturated heterocycles. The van der Waals surface area contributed by atoms with Crippen LogP contribution < -0.4 is 14.8 Å². The van der Waals surface area contributed by atoms with Crippen LogP contribution in [0.15, 0.2) is 42.5 Å². The van der Waals surface area contributed by atoms with Crippen molar-refractivity contribution in [3.8, 4) is 5.75 Å². The molecule has 0 saturated carbocycles. The minimum absolute atomic E-state index is 0.0858. The summed E-state index contributed by atoms with van der Waals surface area (Å²) in [4.78, 5) is 12.4. The molecule has 0 aromatic heterocycles. The van der Waals surface area contributed by atoms with Crippen molar-refractivity contribution < 1.29 is 17.9 Å². The Hall–Kier alpha value is -2.09. The van der Waals surface area contributed by atoms with E-state index >= 15 is 0 Å². The minimum Gasteiger partial charge on any atom is -0.496 e. The molecule has 2 aromatic rings. The molecule has 27 heavy (non-hydrogen) atoms. The number of amides is 1. The Morgan fingerprint density at radius 3 is 2.33 bits per heavy atom. The highest BCUT2D eigenvalue weighted by Crippen LogP contribution is 2.22. The molecule has 2 rings (SSSR count). The number of sulfonamides is 1. The van der Waals surface area contributed by atoms with Gasteiger partial charge in [-0.15, -0.1) is 0 Å². The molecule has 0 aliphatic heterocycles. The number of hydrogen-bond donors (Lipinski definition) is 2. The van der Waals surface area contributed by atoms with Crippen LogP contribution in [-0.2, 0) is 22.3 Å². The molecule has 0 atom stereocenters. The van der Waals surface area contributed by atoms with Crippen LogP contribution in [0.25, 0.3) is 0 Å². The number of ether oxygens (including phenoxy) is 1. The van der Waals surface area contributed by atoms with Crippen LogP contribution in [0.2, 0.25) is 5.02 Å². The maximum absolute atomic E-state index is 12.4. The zero-order valence-corrected chi connectivity index (χ0v) is 17.0. The monoisotopic (exact) mass is 410 g/mol. The van der Waals surface area contributed by atoms with Crippen molar-refractivity contribution in [2.24, 2.45) is 0 Å². The lowest BCUT2D eigenvalue weighted by Crippen LogP contribution is -2.31. The maximum Gasteiger partial charge on any atom is 0.255 e. The molecule has 146 valence electrons. The van der Waals surface area contributed by atoms with E-state index in [1.165, 1.54) is 7.11 Å². The van der Waals surface area contributed by atoms with Crippen LogP contribution in [0.5, 0.6) is 5.75 Å². The standard InChI is InChI=1S/C19H23ClN2O4S/c1-13(2)22-27(24,25)12-15-6-4-14(5-7-15)11-21-19(23)17-10-16(20)8-9-18(17)26-3/h4-10,13,22H,11-12H2,1-3H3,(H,21,23). The lowest BCUT2D eigenvalue weighted by atomic mass is 10.1. The number of benzene rings is 2. The first-order chi connectivity index (χ1) is 12.7. The highest BCUT2D eigenvalue weighted by Gasteiger charge is 2.14. The van der Waals surface area contributed by atoms with Crippen LogP contribution in [0.1, 0.15) is 35.3 Å². The third-order valence-corrected chi connectivity index (χ3v) is 5.43. The van der Waals surface area contributed by atoms with Gasteiger partial charge < -0.3 is 10.1 Å². The molecule has 2 aromatic carbocycles. The van der Waals surface area contributed by atoms with Crippen LogP contribution in [0.4, 0.5) is 0 Å². The van der Waals surface area contributed by atoms with Crippen LogP contribution >= 0.6 is 11.6 Å². The Bertz CT molecular complexity index is 896. The molecule has 0 fully saturated rings. The van der Waals surface area contributed by atoms with Gasteiger partial charge in [0.1, 0.15) is 5.75 Å². The van der Waals surface area contributed by atoms with E-state index in [0.717, 1.165) is 5.56 Å². The van der Waals surface area contributed by atoms with Gasteiger partial charge in [-0.1, -0.05) is 35.9 Å². The fraction of sp³-hybridized carbons (Fsp3) is 0.316. The number of halogens is 1. The molecule has 2 N–H and O–H groups in total. The zero-order chi connectivity index (χ0) is 20.0. The largest absolute Gasteiger partial charge is 0.496 e. The van der Waals surface area contributed by atoms with Gasteiger partial charge in [0, 0.05) is 17.6 Å². The molecule has 0 radical (unpaired) electrons. The lowest BCUT2D eigenvalue weighted by Gasteiger charge is -2.11. The number of rotatable bonds is 8. The molecule has 8 heteroatoms. The predicted molar refractivity (Wildman–Crippen MR) is 107 cm³/mol. The molecular formula is C19H23ClN2O4S. The molecule has 1 amide bonds. The molecule has 0 heterocycles. The topological polar surface area (TPSA) is 84.5 Å². The van der Waals surface area contributed by atoms with E-state index in [2.05, 4.69) is 10.0 Å². The Morgan fingerprint density at radius 2 is 1.74 bits per heavy atom. The van der Waals surface area contributed by atoms with E-state index in [1.54, 1.807) is 56.3 Å². The second-order valence-corrected chi connectivity index (χ2v) is 8.57. The molecule has 0 aliphatic carbocycles. The first-order valence-electron chi connectivity index (χ1n) is 8.40. The smallest absolute Gasteiger partial charge is 0.255 e. The Morgan fingerprint density at radius 1 is 1.11 bits per heavy atom. The van der Waals surface area contributed by atoms with Gasteiger partial charge in [-0.05, 0) is 43.2 Å². The van der Waals surface area contributed by atoms with Crippen molar-refractivity contribution in [1.29, 1.82) is 0 Å². The number of nitrogens with one attached hydrogen (secondary N) is 2. The average molecular weight is 411 g/mol. The summed E-state index contributed by atoms with van der Waals surface area (Å²) in [6.07, 6.45) is 0. The van der Waals surface area contributed by atoms with Crippen molar-refractivity contribution >= 4 is 27.5 Å². The average Bonchev–Trinajstić information content (AvgIpc) is 2.59. The summed E-state index contributed by atoms with van der Waals surface area (Å²) in [5.74, 6) is 0.0506. The summed E-state index contributed by atoms with van der Waals surface area (Å²) < 4.78 is 31.7. The second kappa shape index (κ2) is 9.21. The Labute approximate surface area is 164 Å². The van der Waals surface area contributed by atoms with E-state index in [-0.39, 0.29) is 17.7 Å². The van der Waals surface area contributed by atoms with Gasteiger partial charge in [0.2, 0.25) is 10.0 Å². The quantitative estimate of drug-likeness (QED) is 0.700. The van der Waals surface area contributed by atoms with Gasteiger partial charge in [0.05, 0.1) is 18.4 Å². The fourth-order valence-corrected chi connectivity index (χ4v) is 4.11. The van der Waals surface area contributed by atoms with Crippen molar-refractivity contribution in [2.45, 2.75) is 32.2 Å². The Balaban J connectivity index is 1.99. The maximum atomic E-state index is 12.4. The van der Waals surface area contributed by atoms with Gasteiger partial charge in [0.15, 0.2) is 0 Å². The molecule has 0 spiro atoms. The van der Waals surface area contributed by atoms with Gasteiger partial charge in [-0.2, -0.15) is 0 Å². The minimum atomic E-state index is -3.37. The van der Waals surface area contributed by atoms with Crippen molar-refractivity contribution in [2.75, 3.05) is 7.11 Å². The highest BCUT2D eigenvalue weighted by molar-refractivity contribution is 7.88. The van der Waals surface area contributed by atoms with Crippen LogP contribution in [0.3, 0.4) is 0 Å². The van der Waals surface area contributed by atoms with Gasteiger partial charge in [-0.25, -0.2) is 13.1 Å². The van der Waals surface area contributed by atoms with Crippen LogP contribution in [-0.4, -0.2) is 27.5 Å². The van der Waals surface area contributed by atoms with E-state index in [0.29, 0.717) is 28.4 Å². The molecule has 0 aliphatic rings. The van der Waals surface area contributed by atoms with Gasteiger partial charge >= 0.3 is 0 Å². The summed E-state index contributed by atoms with van der Waals surface area (Å²) in [5, 5.41) is 3.25. The van der Waals surface area contributed by atoms with Crippen molar-refractivity contribution in [3.63, 3.8) is 0 Å². The molecule has 0 unspecified atom stereocenters. The summed E-state index contributed by atoms with van der Waals surface area (Å²) in [7, 11) is -1.88. The van der Waals surface area contributed by atoms with E-state index in [1.807, 2.05) is 0 Å². The zero-order valence-electron chi connectivity index (χ0n) is 15.5. The first-order valence-corrected chi connectivity index (χ1v) is 10.4. The lowest BCUT2D eigenvalue weighted by molar-refractivity contribution is 0.0948. The van der Waals surface area contributed by atoms with Gasteiger partial charge in [0.25, 0.3) is 5.91 Å². The summed E-state index contributed by atoms with van der Waals surface area (Å²) in [6, 6.07) is 11.7. The number of carbonyl (C=O) groups is 1. The van der Waals surface area contributed by atoms with Crippen molar-refractivity contribution in [1.82, 2.24) is 10.0 Å². The fourth-order valence-electron chi connectivity index (χ4n) is 2.51. The third-order valence-electron chi connectivity index (χ3n) is 3.65. The predicted octanol–water partition coefficient (Wildman–Crippen LogP) is 3.11. The number of hydrogen-bond acceptors (Lipinski definition) is 4. The molecule has 0 bridgehead atoms. The van der Waals surface area contributed by atoms with E-state index < -0.39 is 10.0 Å². The first kappa shape index (κ1) is 21.2. The number of carbonyl (C=O) groups excluding carboxylic acids is 1. The summed E-state index contributed by atoms with van der Waals surface area (Å²) >= 11 is 5.95. The molecule has 6 nitrogen and oxygen atoms in total. The normalized spacial score (nSPS) is 11.4. The summed E-state index contributed by atoms with van der Waals surface area (Å²) in [6.45, 7) is 3.85. The number of methoxy groups -OCH3 is 1. The van der Waals surface area contributed by atoms with Crippen molar-refractivity contribution in [3.05, 3.63) is 64.2 Å². The molecular weight excluding hydrogens is 388 g/mol. The summed E-state index contributed by atoms with van der Waals surface area (Å²) in [5.41, 5.74) is 1.88. The Kier molecular flexibility index (Phi) is 7.24. The van der Waals surface area contributed by atoms with E-state index in [9.17, 15) is 13.2 Å². The highest BCUT2D eigenvalue weighted by atomic mass is 35.5. The van der Waals surface area contributed by atoms with E-state index in [4.69, 9.17) is 16.3 Å². The SMILES string of the molecule is COc1ccc(Cl)cc1C(=O)NCc1ccc(CS(=O)(=O)NC(C)C)cc1. The second-order valence-electron chi connectivity index (χ2n) is 6.38.